The van der Waals surface area contributed by atoms with Crippen molar-refractivity contribution >= 4 is 0 Å². The van der Waals surface area contributed by atoms with Crippen molar-refractivity contribution in [1.29, 1.82) is 0 Å². The summed E-state index contributed by atoms with van der Waals surface area (Å²) in [4.78, 5) is 0. The van der Waals surface area contributed by atoms with Gasteiger partial charge in [-0.05, 0) is 36.1 Å². The molecule has 0 aromatic heterocycles. The first-order valence-corrected chi connectivity index (χ1v) is 5.50. The van der Waals surface area contributed by atoms with Gasteiger partial charge in [0.15, 0.2) is 0 Å². The van der Waals surface area contributed by atoms with Gasteiger partial charge in [0.2, 0.25) is 0 Å². The third-order valence-electron chi connectivity index (χ3n) is 2.58. The van der Waals surface area contributed by atoms with E-state index in [0.717, 1.165) is 30.8 Å². The van der Waals surface area contributed by atoms with Gasteiger partial charge in [0, 0.05) is 0 Å². The lowest BCUT2D eigenvalue weighted by Gasteiger charge is -2.13. The van der Waals surface area contributed by atoms with Crippen molar-refractivity contribution in [3.8, 4) is 11.5 Å². The topological polar surface area (TPSA) is 18.5 Å². The second kappa shape index (κ2) is 5.64. The third kappa shape index (κ3) is 2.65. The maximum absolute atomic E-state index is 5.38. The Bertz CT molecular complexity index is 319. The molecule has 0 spiro atoms. The van der Waals surface area contributed by atoms with E-state index in [9.17, 15) is 0 Å². The lowest BCUT2D eigenvalue weighted by atomic mass is 10.0. The van der Waals surface area contributed by atoms with E-state index in [-0.39, 0.29) is 0 Å². The number of rotatable bonds is 5. The van der Waals surface area contributed by atoms with E-state index < -0.39 is 0 Å². The SMILES string of the molecule is CCCc1cc(OC)c(CC)cc1OC. The number of aryl methyl sites for hydroxylation is 2. The van der Waals surface area contributed by atoms with E-state index in [0.29, 0.717) is 0 Å². The lowest BCUT2D eigenvalue weighted by Crippen LogP contribution is -1.97. The molecule has 15 heavy (non-hydrogen) atoms. The summed E-state index contributed by atoms with van der Waals surface area (Å²) in [6.07, 6.45) is 3.11. The molecule has 0 fully saturated rings. The van der Waals surface area contributed by atoms with Crippen molar-refractivity contribution in [3.63, 3.8) is 0 Å². The molecule has 0 heterocycles. The number of hydrogen-bond acceptors (Lipinski definition) is 2. The van der Waals surface area contributed by atoms with Crippen molar-refractivity contribution in [3.05, 3.63) is 23.3 Å². The lowest BCUT2D eigenvalue weighted by molar-refractivity contribution is 0.395. The Morgan fingerprint density at radius 3 is 1.93 bits per heavy atom. The van der Waals surface area contributed by atoms with Crippen LogP contribution in [0.2, 0.25) is 0 Å². The van der Waals surface area contributed by atoms with Crippen LogP contribution in [0.15, 0.2) is 12.1 Å². The smallest absolute Gasteiger partial charge is 0.122 e. The average Bonchev–Trinajstić information content (AvgIpc) is 2.28. The molecule has 0 aliphatic carbocycles. The minimum Gasteiger partial charge on any atom is -0.496 e. The van der Waals surface area contributed by atoms with Gasteiger partial charge < -0.3 is 9.47 Å². The molecule has 0 aliphatic heterocycles. The Balaban J connectivity index is 3.15. The minimum atomic E-state index is 0.964. The average molecular weight is 208 g/mol. The quantitative estimate of drug-likeness (QED) is 0.739. The highest BCUT2D eigenvalue weighted by molar-refractivity contribution is 5.46. The van der Waals surface area contributed by atoms with Crippen LogP contribution in [0.25, 0.3) is 0 Å². The van der Waals surface area contributed by atoms with Gasteiger partial charge in [0.1, 0.15) is 11.5 Å². The highest BCUT2D eigenvalue weighted by Crippen LogP contribution is 2.29. The zero-order chi connectivity index (χ0) is 11.3. The van der Waals surface area contributed by atoms with Crippen LogP contribution < -0.4 is 9.47 Å². The highest BCUT2D eigenvalue weighted by atomic mass is 16.5. The second-order valence-corrected chi connectivity index (χ2v) is 3.58. The van der Waals surface area contributed by atoms with E-state index >= 15 is 0 Å². The Hall–Kier alpha value is -1.18. The molecular weight excluding hydrogens is 188 g/mol. The molecule has 0 N–H and O–H groups in total. The normalized spacial score (nSPS) is 10.1. The van der Waals surface area contributed by atoms with Gasteiger partial charge in [-0.15, -0.1) is 0 Å². The van der Waals surface area contributed by atoms with Gasteiger partial charge in [-0.1, -0.05) is 20.3 Å². The van der Waals surface area contributed by atoms with Gasteiger partial charge in [0.05, 0.1) is 14.2 Å². The fourth-order valence-electron chi connectivity index (χ4n) is 1.77. The van der Waals surface area contributed by atoms with Crippen LogP contribution >= 0.6 is 0 Å². The summed E-state index contributed by atoms with van der Waals surface area (Å²) >= 11 is 0. The first-order chi connectivity index (χ1) is 7.26. The number of methoxy groups -OCH3 is 2. The molecule has 0 aliphatic rings. The van der Waals surface area contributed by atoms with Gasteiger partial charge in [-0.2, -0.15) is 0 Å². The molecule has 1 aromatic carbocycles. The zero-order valence-electron chi connectivity index (χ0n) is 10.1. The third-order valence-corrected chi connectivity index (χ3v) is 2.58. The largest absolute Gasteiger partial charge is 0.496 e. The Morgan fingerprint density at radius 1 is 0.933 bits per heavy atom. The standard InChI is InChI=1S/C13H20O2/c1-5-7-11-9-12(14-3)10(6-2)8-13(11)15-4/h8-9H,5-7H2,1-4H3. The maximum Gasteiger partial charge on any atom is 0.122 e. The fraction of sp³-hybridized carbons (Fsp3) is 0.538. The summed E-state index contributed by atoms with van der Waals surface area (Å²) in [5.74, 6) is 1.95. The van der Waals surface area contributed by atoms with Crippen molar-refractivity contribution < 1.29 is 9.47 Å². The molecule has 84 valence electrons. The first-order valence-electron chi connectivity index (χ1n) is 5.50. The predicted octanol–water partition coefficient (Wildman–Crippen LogP) is 3.22. The summed E-state index contributed by atoms with van der Waals surface area (Å²) in [6.45, 7) is 4.29. The van der Waals surface area contributed by atoms with E-state index in [4.69, 9.17) is 9.47 Å². The fourth-order valence-corrected chi connectivity index (χ4v) is 1.77. The molecule has 0 radical (unpaired) electrons. The molecule has 1 rings (SSSR count). The second-order valence-electron chi connectivity index (χ2n) is 3.58. The molecule has 0 saturated heterocycles. The van der Waals surface area contributed by atoms with Crippen LogP contribution in [-0.2, 0) is 12.8 Å². The molecule has 0 saturated carbocycles. The van der Waals surface area contributed by atoms with E-state index in [1.54, 1.807) is 14.2 Å². The Kier molecular flexibility index (Phi) is 4.47. The summed E-state index contributed by atoms with van der Waals surface area (Å²) in [5.41, 5.74) is 2.43. The number of benzene rings is 1. The molecule has 0 atom stereocenters. The molecule has 0 amide bonds. The van der Waals surface area contributed by atoms with Crippen LogP contribution in [0.1, 0.15) is 31.4 Å². The van der Waals surface area contributed by atoms with Crippen LogP contribution in [0.5, 0.6) is 11.5 Å². The van der Waals surface area contributed by atoms with E-state index in [2.05, 4.69) is 26.0 Å². The van der Waals surface area contributed by atoms with Crippen LogP contribution in [0, 0.1) is 0 Å². The van der Waals surface area contributed by atoms with Crippen molar-refractivity contribution in [2.24, 2.45) is 0 Å². The Morgan fingerprint density at radius 2 is 1.47 bits per heavy atom. The van der Waals surface area contributed by atoms with Crippen molar-refractivity contribution in [1.82, 2.24) is 0 Å². The van der Waals surface area contributed by atoms with Crippen LogP contribution in [-0.4, -0.2) is 14.2 Å². The summed E-state index contributed by atoms with van der Waals surface area (Å²) in [7, 11) is 3.44. The molecule has 0 unspecified atom stereocenters. The zero-order valence-corrected chi connectivity index (χ0v) is 10.1. The van der Waals surface area contributed by atoms with Gasteiger partial charge in [0.25, 0.3) is 0 Å². The molecule has 2 nitrogen and oxygen atoms in total. The predicted molar refractivity (Wildman–Crippen MR) is 62.9 cm³/mol. The molecular formula is C13H20O2. The summed E-state index contributed by atoms with van der Waals surface area (Å²) in [5, 5.41) is 0. The van der Waals surface area contributed by atoms with Crippen LogP contribution in [0.3, 0.4) is 0 Å². The molecule has 1 aromatic rings. The van der Waals surface area contributed by atoms with Gasteiger partial charge in [-0.25, -0.2) is 0 Å². The maximum atomic E-state index is 5.38. The van der Waals surface area contributed by atoms with E-state index in [1.807, 2.05) is 0 Å². The summed E-state index contributed by atoms with van der Waals surface area (Å²) < 4.78 is 10.8. The van der Waals surface area contributed by atoms with Crippen molar-refractivity contribution in [2.75, 3.05) is 14.2 Å². The minimum absolute atomic E-state index is 0.964. The first kappa shape index (κ1) is 11.9. The van der Waals surface area contributed by atoms with Gasteiger partial charge >= 0.3 is 0 Å². The molecule has 0 bridgehead atoms. The van der Waals surface area contributed by atoms with E-state index in [1.165, 1.54) is 11.1 Å². The van der Waals surface area contributed by atoms with Crippen LogP contribution in [0.4, 0.5) is 0 Å². The summed E-state index contributed by atoms with van der Waals surface area (Å²) in [6, 6.07) is 4.19. The van der Waals surface area contributed by atoms with Crippen molar-refractivity contribution in [2.45, 2.75) is 33.1 Å². The Labute approximate surface area is 92.2 Å². The van der Waals surface area contributed by atoms with Gasteiger partial charge in [-0.3, -0.25) is 0 Å². The molecule has 2 heteroatoms. The number of ether oxygens (including phenoxy) is 2. The highest BCUT2D eigenvalue weighted by Gasteiger charge is 2.09. The monoisotopic (exact) mass is 208 g/mol. The number of hydrogen-bond donors (Lipinski definition) is 0.